The Balaban J connectivity index is -0.0000000678. The largest absolute Gasteiger partial charge is 0.481 e. The molecule has 38 heavy (non-hydrogen) atoms. The number of hydrogen-bond donors (Lipinski definition) is 1. The van der Waals surface area contributed by atoms with Gasteiger partial charge in [0, 0.05) is 93.2 Å². The average Bonchev–Trinajstić information content (AvgIpc) is 2.83. The van der Waals surface area contributed by atoms with Crippen LogP contribution in [0.4, 0.5) is 0 Å². The second-order valence-electron chi connectivity index (χ2n) is 7.23. The van der Waals surface area contributed by atoms with E-state index in [0.717, 1.165) is 0 Å². The number of hydrogen-bond acceptors (Lipinski definition) is 8. The molecule has 0 rings (SSSR count). The van der Waals surface area contributed by atoms with Crippen molar-refractivity contribution in [3.05, 3.63) is 0 Å². The smallest absolute Gasteiger partial charge is 0.316 e. The van der Waals surface area contributed by atoms with Crippen LogP contribution in [0.2, 0.25) is 0 Å². The van der Waals surface area contributed by atoms with E-state index in [1.54, 1.807) is 41.5 Å². The molecule has 221 valence electrons. The van der Waals surface area contributed by atoms with Crippen molar-refractivity contribution in [1.82, 2.24) is 0 Å². The number of Topliss-reactive ketones (excluding diaryl/α,β-unsaturated/α-hetero) is 3. The van der Waals surface area contributed by atoms with Crippen LogP contribution in [-0.4, -0.2) is 58.9 Å². The first-order valence-electron chi connectivity index (χ1n) is 12.0. The minimum absolute atomic E-state index is 0. The van der Waals surface area contributed by atoms with Gasteiger partial charge in [0.15, 0.2) is 0 Å². The third-order valence-corrected chi connectivity index (χ3v) is 4.72. The van der Waals surface area contributed by atoms with Crippen LogP contribution < -0.4 is 0 Å². The van der Waals surface area contributed by atoms with E-state index < -0.39 is 5.97 Å². The number of carboxylic acids is 1. The number of alkyl halides is 1. The van der Waals surface area contributed by atoms with Gasteiger partial charge < -0.3 is 14.6 Å². The van der Waals surface area contributed by atoms with Gasteiger partial charge in [-0.2, -0.15) is 0 Å². The van der Waals surface area contributed by atoms with Gasteiger partial charge >= 0.3 is 17.9 Å². The van der Waals surface area contributed by atoms with Gasteiger partial charge in [-0.15, -0.1) is 0 Å². The third kappa shape index (κ3) is 42.7. The Hall–Kier alpha value is -0.347. The summed E-state index contributed by atoms with van der Waals surface area (Å²) in [5.74, 6) is -1.46. The predicted molar refractivity (Wildman–Crippen MR) is 138 cm³/mol. The van der Waals surface area contributed by atoms with E-state index in [9.17, 15) is 28.8 Å². The molecule has 0 aliphatic rings. The summed E-state index contributed by atoms with van der Waals surface area (Å²) < 4.78 is 9.22. The van der Waals surface area contributed by atoms with Crippen molar-refractivity contribution in [2.45, 2.75) is 93.9 Å². The summed E-state index contributed by atoms with van der Waals surface area (Å²) in [6, 6.07) is 0. The molecular weight excluding hydrogens is 677 g/mol. The van der Waals surface area contributed by atoms with Crippen LogP contribution in [0.15, 0.2) is 0 Å². The van der Waals surface area contributed by atoms with Crippen LogP contribution >= 0.6 is 15.9 Å². The maximum atomic E-state index is 11.0. The molecule has 0 saturated heterocycles. The van der Waals surface area contributed by atoms with Crippen molar-refractivity contribution in [2.75, 3.05) is 18.5 Å². The molecular formula is C25H45BrO9V3. The Kier molecular flexibility index (Phi) is 55.0. The molecule has 0 aromatic rings. The molecule has 13 heteroatoms. The summed E-state index contributed by atoms with van der Waals surface area (Å²) in [5, 5.41) is 8.57. The summed E-state index contributed by atoms with van der Waals surface area (Å²) in [6.07, 6.45) is 2.45. The van der Waals surface area contributed by atoms with Crippen molar-refractivity contribution >= 4 is 51.2 Å². The van der Waals surface area contributed by atoms with E-state index in [1.165, 1.54) is 0 Å². The summed E-state index contributed by atoms with van der Waals surface area (Å²) in [5.41, 5.74) is 0. The number of ether oxygens (including phenoxy) is 2. The Morgan fingerprint density at radius 3 is 1.18 bits per heavy atom. The zero-order chi connectivity index (χ0) is 28.4. The third-order valence-electron chi connectivity index (χ3n) is 4.26. The van der Waals surface area contributed by atoms with Gasteiger partial charge in [0.2, 0.25) is 0 Å². The summed E-state index contributed by atoms with van der Waals surface area (Å²) in [4.78, 5) is 63.1. The molecule has 1 N–H and O–H groups in total. The molecule has 0 bridgehead atoms. The summed E-state index contributed by atoms with van der Waals surface area (Å²) >= 11 is 2.94. The molecule has 0 spiro atoms. The number of rotatable bonds is 13. The molecule has 2 unspecified atom stereocenters. The minimum atomic E-state index is -0.908. The predicted octanol–water partition coefficient (Wildman–Crippen LogP) is 4.94. The van der Waals surface area contributed by atoms with E-state index in [1.807, 2.05) is 13.8 Å². The number of halogens is 1. The van der Waals surface area contributed by atoms with Crippen molar-refractivity contribution in [2.24, 2.45) is 11.8 Å². The topological polar surface area (TPSA) is 141 Å². The maximum Gasteiger partial charge on any atom is 0.316 e. The molecule has 9 nitrogen and oxygen atoms in total. The van der Waals surface area contributed by atoms with Crippen molar-refractivity contribution in [3.8, 4) is 0 Å². The standard InChI is InChI=1S/C9H16O3.C7H12O3.C5H10O.C4H7BrO2.3V/c1-4-8(10)7(3)6-9(11)12-5-2;1-3-6(8)5(2)4-7(9)10;1-3-5(6)4-2;1-2-7-4(6)3-5;;;/h7H,4-6H2,1-3H3;5H,3-4H2,1-2H3,(H,9,10);3-4H2,1-2H3;2-3H2,1H3;;;. The first-order valence-corrected chi connectivity index (χ1v) is 13.1. The van der Waals surface area contributed by atoms with E-state index in [4.69, 9.17) is 9.84 Å². The second-order valence-corrected chi connectivity index (χ2v) is 7.79. The minimum Gasteiger partial charge on any atom is -0.481 e. The molecule has 0 aliphatic carbocycles. The van der Waals surface area contributed by atoms with E-state index in [0.29, 0.717) is 50.0 Å². The fourth-order valence-corrected chi connectivity index (χ4v) is 2.27. The van der Waals surface area contributed by atoms with Gasteiger partial charge in [-0.05, 0) is 13.8 Å². The van der Waals surface area contributed by atoms with Crippen molar-refractivity contribution in [1.29, 1.82) is 0 Å². The van der Waals surface area contributed by atoms with E-state index >= 15 is 0 Å². The molecule has 0 aromatic carbocycles. The molecule has 0 amide bonds. The Labute approximate surface area is 272 Å². The van der Waals surface area contributed by atoms with Gasteiger partial charge in [-0.3, -0.25) is 28.8 Å². The molecule has 0 heterocycles. The van der Waals surface area contributed by atoms with Crippen LogP contribution in [0.1, 0.15) is 93.9 Å². The fraction of sp³-hybridized carbons (Fsp3) is 0.760. The van der Waals surface area contributed by atoms with Crippen LogP contribution in [0.5, 0.6) is 0 Å². The van der Waals surface area contributed by atoms with Crippen LogP contribution in [0.3, 0.4) is 0 Å². The Bertz CT molecular complexity index is 627. The van der Waals surface area contributed by atoms with E-state index in [-0.39, 0.29) is 104 Å². The molecule has 0 aromatic heterocycles. The zero-order valence-corrected chi connectivity index (χ0v) is 29.7. The number of esters is 2. The molecule has 0 saturated carbocycles. The first-order chi connectivity index (χ1) is 16.3. The molecule has 0 fully saturated rings. The van der Waals surface area contributed by atoms with Crippen molar-refractivity contribution < 1.29 is 99.0 Å². The van der Waals surface area contributed by atoms with Crippen molar-refractivity contribution in [3.63, 3.8) is 0 Å². The second kappa shape index (κ2) is 38.8. The van der Waals surface area contributed by atoms with Gasteiger partial charge in [0.1, 0.15) is 22.7 Å². The maximum absolute atomic E-state index is 11.0. The van der Waals surface area contributed by atoms with Crippen LogP contribution in [-0.2, 0) is 93.9 Å². The molecule has 0 aliphatic heterocycles. The average molecular weight is 722 g/mol. The Morgan fingerprint density at radius 1 is 0.632 bits per heavy atom. The van der Waals surface area contributed by atoms with Crippen LogP contribution in [0, 0.1) is 11.8 Å². The number of carbonyl (C=O) groups excluding carboxylic acids is 5. The summed E-state index contributed by atoms with van der Waals surface area (Å²) in [6.45, 7) is 15.1. The fourth-order valence-electron chi connectivity index (χ4n) is 2.11. The van der Waals surface area contributed by atoms with Gasteiger partial charge in [-0.25, -0.2) is 0 Å². The van der Waals surface area contributed by atoms with Crippen LogP contribution in [0.25, 0.3) is 0 Å². The normalized spacial score (nSPS) is 10.0. The SMILES string of the molecule is CCC(=O)C(C)CC(=O)O.CCC(=O)CC.CCOC(=O)CBr.CCOC(=O)CC(C)C(=O)CC.[V].[V].[V]. The zero-order valence-electron chi connectivity index (χ0n) is 24.0. The molecule has 3 radical (unpaired) electrons. The summed E-state index contributed by atoms with van der Waals surface area (Å²) in [7, 11) is 0. The quantitative estimate of drug-likeness (QED) is 0.207. The first kappa shape index (κ1) is 53.8. The van der Waals surface area contributed by atoms with Gasteiger partial charge in [-0.1, -0.05) is 57.5 Å². The number of carboxylic acid groups (broad SMARTS) is 1. The number of aliphatic carboxylic acids is 1. The Morgan fingerprint density at radius 2 is 0.974 bits per heavy atom. The monoisotopic (exact) mass is 721 g/mol. The number of ketones is 3. The van der Waals surface area contributed by atoms with E-state index in [2.05, 4.69) is 20.7 Å². The van der Waals surface area contributed by atoms with Gasteiger partial charge in [0.25, 0.3) is 0 Å². The number of carbonyl (C=O) groups is 6. The molecule has 2 atom stereocenters. The van der Waals surface area contributed by atoms with Gasteiger partial charge in [0.05, 0.1) is 26.1 Å².